The van der Waals surface area contributed by atoms with Gasteiger partial charge in [-0.25, -0.2) is 4.79 Å². The number of fused-ring (bicyclic) bond motifs is 3. The molecule has 4 rings (SSSR count). The molecule has 3 fully saturated rings. The highest BCUT2D eigenvalue weighted by Gasteiger charge is 2.53. The molecule has 1 saturated carbocycles. The molecule has 4 N–H and O–H groups in total. The number of carbonyl (C=O) groups is 4. The Bertz CT molecular complexity index is 1710. The molecule has 0 spiro atoms. The average molecular weight is 916 g/mol. The molecular weight excluding hydrogens is 835 g/mol. The van der Waals surface area contributed by atoms with Crippen LogP contribution in [0.1, 0.15) is 126 Å². The van der Waals surface area contributed by atoms with Crippen molar-refractivity contribution in [2.75, 3.05) is 27.9 Å². The monoisotopic (exact) mass is 916 g/mol. The average Bonchev–Trinajstić information content (AvgIpc) is 3.28. The van der Waals surface area contributed by atoms with Gasteiger partial charge in [-0.05, 0) is 107 Å². The lowest BCUT2D eigenvalue weighted by atomic mass is 9.78. The number of nitrogens with zero attached hydrogens (tertiary/aromatic N) is 1. The molecule has 0 aromatic rings. The lowest BCUT2D eigenvalue weighted by Crippen LogP contribution is -2.63. The Morgan fingerprint density at radius 2 is 1.57 bits per heavy atom. The molecule has 65 heavy (non-hydrogen) atoms. The standard InChI is InChI=1S/C51H81NO13/c1-30-16-12-11-13-17-31(2)42(61-8)28-38-21-19-36(7)51(60,65-38)48(57)49(58)52-23-15-14-18-39(52)50(59)64-43(33(4)26-37-20-22-40(53)44(27-37)62-9)29-41(54)32(3)25-35(6)46(56)47(63-10)45(55)34(5)24-30/h11-13,16-17,25,30,32-34,36-40,42-44,46-48,53,56-57,60H,14-15,18-24,26-29H2,1-10H3/b13-11+,16-12+,31-17+,35-25+/t30-,32-,33-,34?,36?,37?,38+,39?,40-,42+,43+,44-,46-,47+,48-,51-/m1/s1. The van der Waals surface area contributed by atoms with Gasteiger partial charge in [-0.3, -0.25) is 14.4 Å². The molecule has 3 aliphatic heterocycles. The highest BCUT2D eigenvalue weighted by atomic mass is 16.6. The fourth-order valence-electron chi connectivity index (χ4n) is 10.3. The first-order valence-corrected chi connectivity index (χ1v) is 24.1. The van der Waals surface area contributed by atoms with Gasteiger partial charge in [-0.2, -0.15) is 0 Å². The maximum Gasteiger partial charge on any atom is 0.329 e. The quantitative estimate of drug-likeness (QED) is 0.180. The second-order valence-corrected chi connectivity index (χ2v) is 19.8. The van der Waals surface area contributed by atoms with Gasteiger partial charge in [0, 0.05) is 58.5 Å². The number of aliphatic hydroxyl groups is 4. The van der Waals surface area contributed by atoms with Gasteiger partial charge in [0.05, 0.1) is 24.4 Å². The highest BCUT2D eigenvalue weighted by molar-refractivity contribution is 5.89. The van der Waals surface area contributed by atoms with Crippen molar-refractivity contribution < 1.29 is 63.3 Å². The first-order chi connectivity index (χ1) is 30.7. The zero-order valence-electron chi connectivity index (χ0n) is 40.7. The van der Waals surface area contributed by atoms with Crippen LogP contribution in [-0.4, -0.2) is 137 Å². The van der Waals surface area contributed by atoms with Crippen LogP contribution in [0.3, 0.4) is 0 Å². The van der Waals surface area contributed by atoms with Crippen LogP contribution in [0, 0.1) is 35.5 Å². The number of hydrogen-bond acceptors (Lipinski definition) is 13. The van der Waals surface area contributed by atoms with Crippen LogP contribution in [-0.2, 0) is 42.9 Å². The van der Waals surface area contributed by atoms with E-state index in [9.17, 15) is 39.6 Å². The molecule has 2 saturated heterocycles. The van der Waals surface area contributed by atoms with E-state index in [1.165, 1.54) is 12.0 Å². The Morgan fingerprint density at radius 1 is 0.846 bits per heavy atom. The number of esters is 1. The molecule has 0 aromatic carbocycles. The summed E-state index contributed by atoms with van der Waals surface area (Å²) in [7, 11) is 4.55. The Kier molecular flexibility index (Phi) is 21.3. The number of piperidine rings is 1. The van der Waals surface area contributed by atoms with Crippen LogP contribution in [0.25, 0.3) is 0 Å². The number of ketones is 2. The highest BCUT2D eigenvalue weighted by Crippen LogP contribution is 2.39. The third-order valence-electron chi connectivity index (χ3n) is 14.7. The van der Waals surface area contributed by atoms with Crippen LogP contribution in [0.5, 0.6) is 0 Å². The lowest BCUT2D eigenvalue weighted by molar-refractivity contribution is -0.317. The third-order valence-corrected chi connectivity index (χ3v) is 14.7. The van der Waals surface area contributed by atoms with Crippen molar-refractivity contribution in [2.24, 2.45) is 35.5 Å². The zero-order valence-corrected chi connectivity index (χ0v) is 40.7. The molecule has 4 aliphatic rings. The topological polar surface area (TPSA) is 199 Å². The van der Waals surface area contributed by atoms with Crippen LogP contribution in [0.2, 0.25) is 0 Å². The summed E-state index contributed by atoms with van der Waals surface area (Å²) in [6.45, 7) is 12.9. The Hall–Kier alpha value is -3.08. The molecule has 4 unspecified atom stereocenters. The van der Waals surface area contributed by atoms with Crippen molar-refractivity contribution in [3.05, 3.63) is 47.6 Å². The van der Waals surface area contributed by atoms with E-state index in [1.807, 2.05) is 58.1 Å². The van der Waals surface area contributed by atoms with Crippen LogP contribution in [0.15, 0.2) is 47.6 Å². The minimum atomic E-state index is -2.23. The van der Waals surface area contributed by atoms with Gasteiger partial charge >= 0.3 is 5.97 Å². The number of methoxy groups -OCH3 is 3. The zero-order chi connectivity index (χ0) is 48.2. The number of Topliss-reactive ketones (excluding diaryl/α,β-unsaturated/α-hetero) is 2. The van der Waals surface area contributed by atoms with Crippen molar-refractivity contribution >= 4 is 23.4 Å². The van der Waals surface area contributed by atoms with Gasteiger partial charge in [-0.1, -0.05) is 71.1 Å². The summed E-state index contributed by atoms with van der Waals surface area (Å²) in [5, 5.41) is 45.7. The predicted molar refractivity (Wildman–Crippen MR) is 246 cm³/mol. The summed E-state index contributed by atoms with van der Waals surface area (Å²) in [6.07, 6.45) is 9.72. The van der Waals surface area contributed by atoms with Crippen molar-refractivity contribution in [3.63, 3.8) is 0 Å². The molecule has 14 heteroatoms. The first-order valence-electron chi connectivity index (χ1n) is 24.1. The summed E-state index contributed by atoms with van der Waals surface area (Å²) < 4.78 is 29.5. The van der Waals surface area contributed by atoms with E-state index in [0.717, 1.165) is 12.0 Å². The second-order valence-electron chi connectivity index (χ2n) is 19.8. The minimum absolute atomic E-state index is 0.0264. The van der Waals surface area contributed by atoms with E-state index in [0.29, 0.717) is 63.4 Å². The van der Waals surface area contributed by atoms with Gasteiger partial charge in [0.1, 0.15) is 30.1 Å². The Morgan fingerprint density at radius 3 is 2.25 bits per heavy atom. The SMILES string of the molecule is CO[C@H]1C[C@@H]2CCC(C)[C@@](O)(O2)[C@H](O)C(=O)N2CCCCC2C(=O)O[C@H]([C@H](C)CC2CC[C@@H](O)[C@H](OC)C2)CC(=O)[C@H](C)/C=C(\C)[C@@H](O)[C@@H](OC)C(=O)C(C)C[C@H](C)/C=C/C=C/C=C/1C. The lowest BCUT2D eigenvalue weighted by Gasteiger charge is -2.46. The molecule has 0 aromatic heterocycles. The number of rotatable bonds is 6. The van der Waals surface area contributed by atoms with Gasteiger partial charge in [0.2, 0.25) is 5.79 Å². The van der Waals surface area contributed by atoms with E-state index < -0.39 is 78.1 Å². The number of carbonyl (C=O) groups excluding carboxylic acids is 4. The second kappa shape index (κ2) is 25.3. The van der Waals surface area contributed by atoms with Gasteiger partial charge in [-0.15, -0.1) is 0 Å². The van der Waals surface area contributed by atoms with E-state index >= 15 is 0 Å². The summed E-state index contributed by atoms with van der Waals surface area (Å²) in [6, 6.07) is -1.08. The maximum absolute atomic E-state index is 14.4. The summed E-state index contributed by atoms with van der Waals surface area (Å²) in [5.41, 5.74) is 1.30. The van der Waals surface area contributed by atoms with Crippen LogP contribution < -0.4 is 0 Å². The summed E-state index contributed by atoms with van der Waals surface area (Å²) in [4.78, 5) is 57.8. The normalized spacial score (nSPS) is 41.5. The van der Waals surface area contributed by atoms with Crippen molar-refractivity contribution in [1.82, 2.24) is 4.90 Å². The Labute approximate surface area is 387 Å². The van der Waals surface area contributed by atoms with Gasteiger partial charge < -0.3 is 49.0 Å². The first kappa shape index (κ1) is 54.5. The van der Waals surface area contributed by atoms with Crippen molar-refractivity contribution in [3.8, 4) is 0 Å². The number of amides is 1. The maximum atomic E-state index is 14.4. The molecule has 0 radical (unpaired) electrons. The van der Waals surface area contributed by atoms with Crippen molar-refractivity contribution in [1.29, 1.82) is 0 Å². The summed E-state index contributed by atoms with van der Waals surface area (Å²) in [5.74, 6) is -6.22. The molecule has 2 bridgehead atoms. The van der Waals surface area contributed by atoms with Crippen LogP contribution in [0.4, 0.5) is 0 Å². The third kappa shape index (κ3) is 14.5. The van der Waals surface area contributed by atoms with Crippen molar-refractivity contribution in [2.45, 2.75) is 186 Å². The van der Waals surface area contributed by atoms with E-state index in [2.05, 4.69) is 0 Å². The summed E-state index contributed by atoms with van der Waals surface area (Å²) >= 11 is 0. The molecule has 3 heterocycles. The number of ether oxygens (including phenoxy) is 5. The number of allylic oxidation sites excluding steroid dienone is 6. The number of hydrogen-bond donors (Lipinski definition) is 4. The van der Waals surface area contributed by atoms with E-state index in [-0.39, 0.29) is 60.9 Å². The molecule has 368 valence electrons. The Balaban J connectivity index is 1.70. The molecular formula is C51H81NO13. The van der Waals surface area contributed by atoms with Gasteiger partial charge in [0.15, 0.2) is 11.9 Å². The van der Waals surface area contributed by atoms with Crippen LogP contribution >= 0.6 is 0 Å². The fourth-order valence-corrected chi connectivity index (χ4v) is 10.3. The molecule has 1 aliphatic carbocycles. The predicted octanol–water partition coefficient (Wildman–Crippen LogP) is 5.97. The molecule has 1 amide bonds. The minimum Gasteiger partial charge on any atom is -0.460 e. The number of cyclic esters (lactones) is 1. The molecule has 14 nitrogen and oxygen atoms in total. The molecule has 16 atom stereocenters. The largest absolute Gasteiger partial charge is 0.460 e. The fraction of sp³-hybridized carbons (Fsp3) is 0.765. The van der Waals surface area contributed by atoms with Gasteiger partial charge in [0.25, 0.3) is 5.91 Å². The van der Waals surface area contributed by atoms with E-state index in [4.69, 9.17) is 23.7 Å². The smallest absolute Gasteiger partial charge is 0.329 e. The number of aliphatic hydroxyl groups excluding tert-OH is 3. The van der Waals surface area contributed by atoms with E-state index in [1.54, 1.807) is 41.1 Å².